The Morgan fingerprint density at radius 3 is 3.00 bits per heavy atom. The Kier molecular flexibility index (Phi) is 4.57. The minimum Gasteiger partial charge on any atom is -0.495 e. The maximum absolute atomic E-state index is 10.8. The molecule has 0 aliphatic carbocycles. The van der Waals surface area contributed by atoms with Crippen molar-refractivity contribution in [3.05, 3.63) is 28.3 Å². The van der Waals surface area contributed by atoms with Gasteiger partial charge < -0.3 is 14.8 Å². The molecule has 1 aliphatic rings. The van der Waals surface area contributed by atoms with Crippen molar-refractivity contribution in [3.63, 3.8) is 0 Å². The Hall–Kier alpha value is -1.82. The lowest BCUT2D eigenvalue weighted by molar-refractivity contribution is -0.384. The average Bonchev–Trinajstić information content (AvgIpc) is 2.67. The fourth-order valence-electron chi connectivity index (χ4n) is 2.19. The van der Waals surface area contributed by atoms with E-state index in [1.54, 1.807) is 13.2 Å². The third-order valence-electron chi connectivity index (χ3n) is 3.21. The standard InChI is InChI=1S/C13H18N2O4/c1-18-13-5-4-11(15(16)17)9-12(13)14-10-3-2-7-19-8-6-10/h4-5,9-10,14H,2-3,6-8H2,1H3. The van der Waals surface area contributed by atoms with Crippen molar-refractivity contribution in [3.8, 4) is 5.75 Å². The molecule has 1 aliphatic heterocycles. The zero-order chi connectivity index (χ0) is 13.7. The summed E-state index contributed by atoms with van der Waals surface area (Å²) in [6.07, 6.45) is 2.88. The van der Waals surface area contributed by atoms with Gasteiger partial charge in [-0.2, -0.15) is 0 Å². The van der Waals surface area contributed by atoms with E-state index < -0.39 is 4.92 Å². The van der Waals surface area contributed by atoms with Crippen LogP contribution in [0.1, 0.15) is 19.3 Å². The number of methoxy groups -OCH3 is 1. The molecule has 1 N–H and O–H groups in total. The van der Waals surface area contributed by atoms with Crippen molar-refractivity contribution in [1.29, 1.82) is 0 Å². The number of non-ortho nitro benzene ring substituents is 1. The number of benzene rings is 1. The van der Waals surface area contributed by atoms with Crippen molar-refractivity contribution in [1.82, 2.24) is 0 Å². The molecule has 104 valence electrons. The minimum absolute atomic E-state index is 0.0631. The van der Waals surface area contributed by atoms with Crippen molar-refractivity contribution in [2.75, 3.05) is 25.6 Å². The summed E-state index contributed by atoms with van der Waals surface area (Å²) in [6.45, 7) is 1.50. The minimum atomic E-state index is -0.402. The van der Waals surface area contributed by atoms with Gasteiger partial charge in [-0.3, -0.25) is 10.1 Å². The van der Waals surface area contributed by atoms with E-state index in [1.807, 2.05) is 0 Å². The van der Waals surface area contributed by atoms with Crippen molar-refractivity contribution in [2.45, 2.75) is 25.3 Å². The third-order valence-corrected chi connectivity index (χ3v) is 3.21. The Balaban J connectivity index is 2.16. The van der Waals surface area contributed by atoms with E-state index in [-0.39, 0.29) is 11.7 Å². The molecule has 1 aromatic carbocycles. The second kappa shape index (κ2) is 6.38. The quantitative estimate of drug-likeness (QED) is 0.669. The SMILES string of the molecule is COc1ccc([N+](=O)[O-])cc1NC1CCCOCC1. The predicted molar refractivity (Wildman–Crippen MR) is 71.7 cm³/mol. The van der Waals surface area contributed by atoms with E-state index in [4.69, 9.17) is 9.47 Å². The van der Waals surface area contributed by atoms with Crippen LogP contribution in [0.25, 0.3) is 0 Å². The Morgan fingerprint density at radius 2 is 2.26 bits per heavy atom. The number of nitrogens with zero attached hydrogens (tertiary/aromatic N) is 1. The van der Waals surface area contributed by atoms with Gasteiger partial charge in [0.05, 0.1) is 17.7 Å². The fourth-order valence-corrected chi connectivity index (χ4v) is 2.19. The number of hydrogen-bond acceptors (Lipinski definition) is 5. The number of nitro groups is 1. The third kappa shape index (κ3) is 3.57. The van der Waals surface area contributed by atoms with E-state index in [9.17, 15) is 10.1 Å². The van der Waals surface area contributed by atoms with Gasteiger partial charge >= 0.3 is 0 Å². The van der Waals surface area contributed by atoms with Gasteiger partial charge in [0.2, 0.25) is 0 Å². The number of nitrogens with one attached hydrogen (secondary N) is 1. The van der Waals surface area contributed by atoms with Gasteiger partial charge in [0.1, 0.15) is 5.75 Å². The number of rotatable bonds is 4. The molecule has 0 spiro atoms. The molecule has 1 atom stereocenters. The maximum Gasteiger partial charge on any atom is 0.271 e. The highest BCUT2D eigenvalue weighted by Gasteiger charge is 2.16. The first kappa shape index (κ1) is 13.6. The van der Waals surface area contributed by atoms with E-state index in [1.165, 1.54) is 12.1 Å². The first-order valence-electron chi connectivity index (χ1n) is 6.37. The first-order chi connectivity index (χ1) is 9.20. The van der Waals surface area contributed by atoms with Crippen molar-refractivity contribution >= 4 is 11.4 Å². The molecule has 1 unspecified atom stereocenters. The summed E-state index contributed by atoms with van der Waals surface area (Å²) in [4.78, 5) is 10.4. The fraction of sp³-hybridized carbons (Fsp3) is 0.538. The largest absolute Gasteiger partial charge is 0.495 e. The molecular weight excluding hydrogens is 248 g/mol. The second-order valence-corrected chi connectivity index (χ2v) is 4.53. The van der Waals surface area contributed by atoms with Crippen LogP contribution >= 0.6 is 0 Å². The first-order valence-corrected chi connectivity index (χ1v) is 6.37. The highest BCUT2D eigenvalue weighted by Crippen LogP contribution is 2.30. The summed E-state index contributed by atoms with van der Waals surface area (Å²) in [5.41, 5.74) is 0.733. The number of nitro benzene ring substituents is 1. The molecule has 0 saturated carbocycles. The Morgan fingerprint density at radius 1 is 1.42 bits per heavy atom. The van der Waals surface area contributed by atoms with Crippen LogP contribution in [0.4, 0.5) is 11.4 Å². The van der Waals surface area contributed by atoms with Gasteiger partial charge in [0.25, 0.3) is 5.69 Å². The monoisotopic (exact) mass is 266 g/mol. The van der Waals surface area contributed by atoms with Crippen LogP contribution in [-0.4, -0.2) is 31.3 Å². The van der Waals surface area contributed by atoms with Gasteiger partial charge in [0.15, 0.2) is 0 Å². The lowest BCUT2D eigenvalue weighted by atomic mass is 10.1. The summed E-state index contributed by atoms with van der Waals surface area (Å²) in [5, 5.41) is 14.1. The van der Waals surface area contributed by atoms with E-state index in [0.29, 0.717) is 11.4 Å². The van der Waals surface area contributed by atoms with Crippen LogP contribution in [0.15, 0.2) is 18.2 Å². The van der Waals surface area contributed by atoms with Gasteiger partial charge in [-0.25, -0.2) is 0 Å². The van der Waals surface area contributed by atoms with Gasteiger partial charge in [0, 0.05) is 31.4 Å². The lowest BCUT2D eigenvalue weighted by Gasteiger charge is -2.18. The summed E-state index contributed by atoms with van der Waals surface area (Å²) in [7, 11) is 1.56. The van der Waals surface area contributed by atoms with Crippen molar-refractivity contribution < 1.29 is 14.4 Å². The highest BCUT2D eigenvalue weighted by molar-refractivity contribution is 5.62. The summed E-state index contributed by atoms with van der Waals surface area (Å²) >= 11 is 0. The van der Waals surface area contributed by atoms with Gasteiger partial charge in [-0.15, -0.1) is 0 Å². The molecule has 2 rings (SSSR count). The molecule has 1 fully saturated rings. The number of ether oxygens (including phenoxy) is 2. The topological polar surface area (TPSA) is 73.6 Å². The predicted octanol–water partition coefficient (Wildman–Crippen LogP) is 2.58. The smallest absolute Gasteiger partial charge is 0.271 e. The molecule has 1 heterocycles. The molecule has 19 heavy (non-hydrogen) atoms. The van der Waals surface area contributed by atoms with E-state index in [0.717, 1.165) is 32.5 Å². The maximum atomic E-state index is 10.8. The summed E-state index contributed by atoms with van der Waals surface area (Å²) in [6, 6.07) is 4.84. The van der Waals surface area contributed by atoms with Crippen molar-refractivity contribution in [2.24, 2.45) is 0 Å². The van der Waals surface area contributed by atoms with Crippen LogP contribution < -0.4 is 10.1 Å². The Labute approximate surface area is 111 Å². The normalized spacial score (nSPS) is 19.5. The van der Waals surface area contributed by atoms with Crippen LogP contribution in [0.2, 0.25) is 0 Å². The molecule has 0 radical (unpaired) electrons. The van der Waals surface area contributed by atoms with Crippen LogP contribution in [0.3, 0.4) is 0 Å². The molecule has 0 amide bonds. The highest BCUT2D eigenvalue weighted by atomic mass is 16.6. The summed E-state index contributed by atoms with van der Waals surface area (Å²) in [5.74, 6) is 0.621. The van der Waals surface area contributed by atoms with E-state index >= 15 is 0 Å². The van der Waals surface area contributed by atoms with E-state index in [2.05, 4.69) is 5.32 Å². The lowest BCUT2D eigenvalue weighted by Crippen LogP contribution is -2.20. The van der Waals surface area contributed by atoms with Gasteiger partial charge in [-0.1, -0.05) is 0 Å². The molecule has 6 nitrogen and oxygen atoms in total. The molecule has 0 bridgehead atoms. The average molecular weight is 266 g/mol. The zero-order valence-corrected chi connectivity index (χ0v) is 10.9. The molecule has 0 aromatic heterocycles. The zero-order valence-electron chi connectivity index (χ0n) is 10.9. The molecule has 6 heteroatoms. The van der Waals surface area contributed by atoms with Crippen LogP contribution in [0, 0.1) is 10.1 Å². The number of anilines is 1. The molecular formula is C13H18N2O4. The summed E-state index contributed by atoms with van der Waals surface area (Å²) < 4.78 is 10.6. The second-order valence-electron chi connectivity index (χ2n) is 4.53. The van der Waals surface area contributed by atoms with Gasteiger partial charge in [-0.05, 0) is 25.3 Å². The number of hydrogen-bond donors (Lipinski definition) is 1. The Bertz CT molecular complexity index is 442. The van der Waals surface area contributed by atoms with Crippen LogP contribution in [0.5, 0.6) is 5.75 Å². The molecule has 1 saturated heterocycles. The van der Waals surface area contributed by atoms with Crippen LogP contribution in [-0.2, 0) is 4.74 Å². The molecule has 1 aromatic rings.